The Morgan fingerprint density at radius 1 is 1.04 bits per heavy atom. The molecular weight excluding hydrogens is 355 g/mol. The molecule has 146 valence electrons. The van der Waals surface area contributed by atoms with E-state index in [4.69, 9.17) is 9.47 Å². The molecule has 0 unspecified atom stereocenters. The highest BCUT2D eigenvalue weighted by Crippen LogP contribution is 2.37. The molecule has 4 N–H and O–H groups in total. The Bertz CT molecular complexity index is 748. The Morgan fingerprint density at radius 3 is 2.11 bits per heavy atom. The molecule has 3 rings (SSSR count). The standard InChI is InChI=1S/C20H23FO6/c1-26-15-8-4-13(5-9-15)10-12-2-6-14(7-3-12)20(25)19(24)18(23)17(21)16(11-22)27-20/h2-9,16-19,22-25H,10-11H2,1H3/t16-,17+,18+,19-,20-/m1/s1. The number of halogens is 1. The SMILES string of the molecule is COc1ccc(Cc2ccc([C@@]3(O)O[C@H](CO)[C@H](F)[C@H](O)[C@H]3O)cc2)cc1. The van der Waals surface area contributed by atoms with Crippen molar-refractivity contribution in [2.45, 2.75) is 36.7 Å². The van der Waals surface area contributed by atoms with Gasteiger partial charge in [0.25, 0.3) is 0 Å². The van der Waals surface area contributed by atoms with Gasteiger partial charge in [0, 0.05) is 5.56 Å². The first-order valence-electron chi connectivity index (χ1n) is 8.62. The first kappa shape index (κ1) is 19.7. The van der Waals surface area contributed by atoms with E-state index in [1.165, 1.54) is 0 Å². The van der Waals surface area contributed by atoms with Gasteiger partial charge in [-0.1, -0.05) is 36.4 Å². The van der Waals surface area contributed by atoms with Crippen LogP contribution in [0, 0.1) is 0 Å². The number of methoxy groups -OCH3 is 1. The predicted octanol–water partition coefficient (Wildman–Crippen LogP) is 0.882. The second-order valence-electron chi connectivity index (χ2n) is 6.64. The highest BCUT2D eigenvalue weighted by molar-refractivity contribution is 5.34. The molecule has 2 aromatic carbocycles. The van der Waals surface area contributed by atoms with Crippen LogP contribution in [0.4, 0.5) is 4.39 Å². The maximum Gasteiger partial charge on any atom is 0.222 e. The zero-order chi connectivity index (χ0) is 19.6. The molecule has 0 bridgehead atoms. The van der Waals surface area contributed by atoms with Crippen LogP contribution in [0.1, 0.15) is 16.7 Å². The van der Waals surface area contributed by atoms with E-state index in [-0.39, 0.29) is 5.56 Å². The Hall–Kier alpha value is -2.03. The molecule has 7 heteroatoms. The second-order valence-corrected chi connectivity index (χ2v) is 6.64. The minimum Gasteiger partial charge on any atom is -0.497 e. The minimum atomic E-state index is -2.31. The maximum atomic E-state index is 13.9. The predicted molar refractivity (Wildman–Crippen MR) is 95.0 cm³/mol. The summed E-state index contributed by atoms with van der Waals surface area (Å²) in [7, 11) is 1.60. The maximum absolute atomic E-state index is 13.9. The van der Waals surface area contributed by atoms with Crippen LogP contribution in [-0.4, -0.2) is 58.6 Å². The fourth-order valence-electron chi connectivity index (χ4n) is 3.21. The van der Waals surface area contributed by atoms with Gasteiger partial charge < -0.3 is 29.9 Å². The van der Waals surface area contributed by atoms with Crippen LogP contribution >= 0.6 is 0 Å². The van der Waals surface area contributed by atoms with Crippen LogP contribution < -0.4 is 4.74 Å². The van der Waals surface area contributed by atoms with Gasteiger partial charge in [0.15, 0.2) is 6.17 Å². The van der Waals surface area contributed by atoms with E-state index >= 15 is 0 Å². The van der Waals surface area contributed by atoms with Gasteiger partial charge in [-0.3, -0.25) is 0 Å². The zero-order valence-electron chi connectivity index (χ0n) is 14.8. The van der Waals surface area contributed by atoms with Crippen molar-refractivity contribution in [1.29, 1.82) is 0 Å². The molecule has 1 aliphatic heterocycles. The summed E-state index contributed by atoms with van der Waals surface area (Å²) in [4.78, 5) is 0. The lowest BCUT2D eigenvalue weighted by Gasteiger charge is -2.44. The van der Waals surface area contributed by atoms with E-state index in [1.807, 2.05) is 24.3 Å². The number of alkyl halides is 1. The molecule has 0 radical (unpaired) electrons. The smallest absolute Gasteiger partial charge is 0.222 e. The number of ether oxygens (including phenoxy) is 2. The van der Waals surface area contributed by atoms with Crippen LogP contribution in [0.25, 0.3) is 0 Å². The van der Waals surface area contributed by atoms with E-state index in [2.05, 4.69) is 0 Å². The van der Waals surface area contributed by atoms with Gasteiger partial charge in [0.05, 0.1) is 13.7 Å². The van der Waals surface area contributed by atoms with Crippen LogP contribution in [0.15, 0.2) is 48.5 Å². The monoisotopic (exact) mass is 378 g/mol. The van der Waals surface area contributed by atoms with Crippen LogP contribution in [-0.2, 0) is 16.9 Å². The number of aliphatic hydroxyl groups excluding tert-OH is 3. The van der Waals surface area contributed by atoms with Gasteiger partial charge in [-0.15, -0.1) is 0 Å². The Kier molecular flexibility index (Phi) is 5.78. The fraction of sp³-hybridized carbons (Fsp3) is 0.400. The van der Waals surface area contributed by atoms with E-state index in [0.717, 1.165) is 16.9 Å². The molecule has 0 aromatic heterocycles. The highest BCUT2D eigenvalue weighted by atomic mass is 19.1. The number of hydrogen-bond acceptors (Lipinski definition) is 6. The molecule has 0 amide bonds. The highest BCUT2D eigenvalue weighted by Gasteiger charge is 2.54. The van der Waals surface area contributed by atoms with E-state index in [9.17, 15) is 24.8 Å². The van der Waals surface area contributed by atoms with Crippen molar-refractivity contribution in [3.05, 3.63) is 65.2 Å². The van der Waals surface area contributed by atoms with Gasteiger partial charge in [0.2, 0.25) is 5.79 Å². The molecule has 1 aliphatic rings. The van der Waals surface area contributed by atoms with Crippen molar-refractivity contribution in [2.24, 2.45) is 0 Å². The number of benzene rings is 2. The summed E-state index contributed by atoms with van der Waals surface area (Å²) in [5, 5.41) is 39.9. The topological polar surface area (TPSA) is 99.4 Å². The summed E-state index contributed by atoms with van der Waals surface area (Å²) in [6, 6.07) is 14.2. The molecule has 1 saturated heterocycles. The van der Waals surface area contributed by atoms with Crippen molar-refractivity contribution in [3.63, 3.8) is 0 Å². The average Bonchev–Trinajstić information content (AvgIpc) is 2.70. The third-order valence-electron chi connectivity index (χ3n) is 4.85. The third-order valence-corrected chi connectivity index (χ3v) is 4.85. The van der Waals surface area contributed by atoms with Crippen molar-refractivity contribution >= 4 is 0 Å². The average molecular weight is 378 g/mol. The second kappa shape index (κ2) is 7.92. The zero-order valence-corrected chi connectivity index (χ0v) is 14.8. The van der Waals surface area contributed by atoms with E-state index in [0.29, 0.717) is 6.42 Å². The molecule has 5 atom stereocenters. The molecule has 2 aromatic rings. The van der Waals surface area contributed by atoms with Crippen LogP contribution in [0.3, 0.4) is 0 Å². The molecule has 1 heterocycles. The lowest BCUT2D eigenvalue weighted by molar-refractivity contribution is -0.350. The first-order chi connectivity index (χ1) is 12.9. The van der Waals surface area contributed by atoms with E-state index < -0.39 is 36.9 Å². The Morgan fingerprint density at radius 2 is 1.59 bits per heavy atom. The summed E-state index contributed by atoms with van der Waals surface area (Å²) >= 11 is 0. The third kappa shape index (κ3) is 3.83. The molecule has 1 fully saturated rings. The van der Waals surface area contributed by atoms with Crippen molar-refractivity contribution in [3.8, 4) is 5.75 Å². The number of aliphatic hydroxyl groups is 4. The van der Waals surface area contributed by atoms with Gasteiger partial charge in [-0.25, -0.2) is 4.39 Å². The fourth-order valence-corrected chi connectivity index (χ4v) is 3.21. The minimum absolute atomic E-state index is 0.165. The van der Waals surface area contributed by atoms with Crippen LogP contribution in [0.2, 0.25) is 0 Å². The Balaban J connectivity index is 1.79. The lowest BCUT2D eigenvalue weighted by Crippen LogP contribution is -2.62. The molecule has 0 aliphatic carbocycles. The largest absolute Gasteiger partial charge is 0.497 e. The summed E-state index contributed by atoms with van der Waals surface area (Å²) in [5.74, 6) is -1.54. The normalized spacial score (nSPS) is 30.9. The Labute approximate surface area is 156 Å². The van der Waals surface area contributed by atoms with Gasteiger partial charge in [-0.05, 0) is 29.7 Å². The lowest BCUT2D eigenvalue weighted by atomic mass is 9.88. The van der Waals surface area contributed by atoms with Gasteiger partial charge >= 0.3 is 0 Å². The summed E-state index contributed by atoms with van der Waals surface area (Å²) in [6.45, 7) is -0.733. The molecule has 27 heavy (non-hydrogen) atoms. The molecular formula is C20H23FO6. The molecule has 0 saturated carbocycles. The van der Waals surface area contributed by atoms with Crippen LogP contribution in [0.5, 0.6) is 5.75 Å². The molecule has 6 nitrogen and oxygen atoms in total. The van der Waals surface area contributed by atoms with Crippen molar-refractivity contribution < 1.29 is 34.3 Å². The van der Waals surface area contributed by atoms with Gasteiger partial charge in [-0.2, -0.15) is 0 Å². The molecule has 0 spiro atoms. The summed E-state index contributed by atoms with van der Waals surface area (Å²) < 4.78 is 24.2. The van der Waals surface area contributed by atoms with Crippen molar-refractivity contribution in [1.82, 2.24) is 0 Å². The number of hydrogen-bond donors (Lipinski definition) is 4. The first-order valence-corrected chi connectivity index (χ1v) is 8.62. The van der Waals surface area contributed by atoms with E-state index in [1.54, 1.807) is 31.4 Å². The summed E-state index contributed by atoms with van der Waals surface area (Å²) in [6.07, 6.45) is -6.56. The van der Waals surface area contributed by atoms with Crippen molar-refractivity contribution in [2.75, 3.05) is 13.7 Å². The number of rotatable bonds is 5. The van der Waals surface area contributed by atoms with Gasteiger partial charge in [0.1, 0.15) is 24.1 Å². The quantitative estimate of drug-likeness (QED) is 0.617. The summed E-state index contributed by atoms with van der Waals surface area (Å²) in [5.41, 5.74) is 2.17.